The molecule has 1 amide bonds. The van der Waals surface area contributed by atoms with Crippen LogP contribution in [0.4, 0.5) is 0 Å². The smallest absolute Gasteiger partial charge is 0.348 e. The van der Waals surface area contributed by atoms with Crippen LogP contribution >= 0.6 is 0 Å². The predicted octanol–water partition coefficient (Wildman–Crippen LogP) is 3.67. The second-order valence-corrected chi connectivity index (χ2v) is 7.03. The third kappa shape index (κ3) is 4.98. The minimum atomic E-state index is -1.44. The first-order valence-corrected chi connectivity index (χ1v) is 9.65. The molecule has 2 rings (SSSR count). The molecule has 0 unspecified atom stereocenters. The van der Waals surface area contributed by atoms with Gasteiger partial charge in [-0.15, -0.1) is 0 Å². The van der Waals surface area contributed by atoms with Crippen molar-refractivity contribution in [2.24, 2.45) is 5.92 Å². The minimum Gasteiger partial charge on any atom is -0.450 e. The zero-order valence-electron chi connectivity index (χ0n) is 17.0. The molecule has 0 aliphatic rings. The molecule has 0 radical (unpaired) electrons. The number of esters is 1. The SMILES string of the molecule is CCOC(C(=O)O[C@@H](C)C(=O)NCC(C)C)(c1ccccc1)c1ccccc1. The van der Waals surface area contributed by atoms with Crippen LogP contribution in [0.15, 0.2) is 60.7 Å². The molecule has 0 saturated heterocycles. The first kappa shape index (κ1) is 21.6. The molecule has 1 atom stereocenters. The number of rotatable bonds is 9. The van der Waals surface area contributed by atoms with Crippen LogP contribution in [0.25, 0.3) is 0 Å². The van der Waals surface area contributed by atoms with Crippen LogP contribution in [0, 0.1) is 5.92 Å². The van der Waals surface area contributed by atoms with E-state index in [1.165, 1.54) is 0 Å². The molecular weight excluding hydrogens is 354 g/mol. The highest BCUT2D eigenvalue weighted by Crippen LogP contribution is 2.35. The lowest BCUT2D eigenvalue weighted by molar-refractivity contribution is -0.175. The van der Waals surface area contributed by atoms with Gasteiger partial charge < -0.3 is 14.8 Å². The number of nitrogens with one attached hydrogen (secondary N) is 1. The van der Waals surface area contributed by atoms with Gasteiger partial charge in [-0.2, -0.15) is 0 Å². The fourth-order valence-corrected chi connectivity index (χ4v) is 2.94. The zero-order chi connectivity index (χ0) is 20.6. The number of amides is 1. The number of hydrogen-bond acceptors (Lipinski definition) is 4. The minimum absolute atomic E-state index is 0.298. The molecule has 5 nitrogen and oxygen atoms in total. The van der Waals surface area contributed by atoms with Crippen molar-refractivity contribution < 1.29 is 19.1 Å². The van der Waals surface area contributed by atoms with Crippen molar-refractivity contribution in [3.63, 3.8) is 0 Å². The summed E-state index contributed by atoms with van der Waals surface area (Å²) < 4.78 is 11.6. The second-order valence-electron chi connectivity index (χ2n) is 7.03. The van der Waals surface area contributed by atoms with Gasteiger partial charge in [0.25, 0.3) is 5.91 Å². The number of benzene rings is 2. The maximum Gasteiger partial charge on any atom is 0.348 e. The molecule has 0 aliphatic heterocycles. The van der Waals surface area contributed by atoms with Crippen LogP contribution in [0.1, 0.15) is 38.8 Å². The average molecular weight is 383 g/mol. The lowest BCUT2D eigenvalue weighted by atomic mass is 9.86. The quantitative estimate of drug-likeness (QED) is 0.671. The molecule has 28 heavy (non-hydrogen) atoms. The highest BCUT2D eigenvalue weighted by Gasteiger charge is 2.45. The van der Waals surface area contributed by atoms with E-state index in [0.717, 1.165) is 0 Å². The van der Waals surface area contributed by atoms with Gasteiger partial charge in [-0.1, -0.05) is 74.5 Å². The lowest BCUT2D eigenvalue weighted by Crippen LogP contribution is -2.46. The van der Waals surface area contributed by atoms with Gasteiger partial charge in [0.1, 0.15) is 0 Å². The molecule has 0 spiro atoms. The Balaban J connectivity index is 2.38. The highest BCUT2D eigenvalue weighted by molar-refractivity contribution is 5.89. The molecule has 0 aromatic heterocycles. The van der Waals surface area contributed by atoms with E-state index in [1.807, 2.05) is 81.4 Å². The van der Waals surface area contributed by atoms with Gasteiger partial charge in [-0.3, -0.25) is 4.79 Å². The molecule has 150 valence electrons. The Morgan fingerprint density at radius 3 is 1.86 bits per heavy atom. The van der Waals surface area contributed by atoms with E-state index in [4.69, 9.17) is 9.47 Å². The normalized spacial score (nSPS) is 12.5. The van der Waals surface area contributed by atoms with Crippen molar-refractivity contribution in [1.29, 1.82) is 0 Å². The summed E-state index contributed by atoms with van der Waals surface area (Å²) in [4.78, 5) is 25.7. The van der Waals surface area contributed by atoms with Crippen molar-refractivity contribution >= 4 is 11.9 Å². The van der Waals surface area contributed by atoms with Crippen molar-refractivity contribution in [1.82, 2.24) is 5.32 Å². The Kier molecular flexibility index (Phi) is 7.76. The van der Waals surface area contributed by atoms with E-state index >= 15 is 0 Å². The lowest BCUT2D eigenvalue weighted by Gasteiger charge is -2.33. The first-order chi connectivity index (χ1) is 13.4. The van der Waals surface area contributed by atoms with E-state index in [9.17, 15) is 9.59 Å². The fourth-order valence-electron chi connectivity index (χ4n) is 2.94. The fraction of sp³-hybridized carbons (Fsp3) is 0.391. The molecule has 0 saturated carbocycles. The first-order valence-electron chi connectivity index (χ1n) is 9.65. The third-order valence-electron chi connectivity index (χ3n) is 4.35. The van der Waals surface area contributed by atoms with Gasteiger partial charge in [0.05, 0.1) is 0 Å². The maximum atomic E-state index is 13.4. The van der Waals surface area contributed by atoms with Gasteiger partial charge in [0.15, 0.2) is 6.10 Å². The topological polar surface area (TPSA) is 64.6 Å². The summed E-state index contributed by atoms with van der Waals surface area (Å²) in [6, 6.07) is 18.4. The molecule has 0 aliphatic carbocycles. The number of hydrogen-bond donors (Lipinski definition) is 1. The van der Waals surface area contributed by atoms with E-state index in [-0.39, 0.29) is 5.91 Å². The Morgan fingerprint density at radius 1 is 0.929 bits per heavy atom. The second kappa shape index (κ2) is 10.0. The van der Waals surface area contributed by atoms with Crippen molar-refractivity contribution in [3.05, 3.63) is 71.8 Å². The van der Waals surface area contributed by atoms with Gasteiger partial charge in [-0.05, 0) is 30.9 Å². The van der Waals surface area contributed by atoms with Crippen molar-refractivity contribution in [2.75, 3.05) is 13.2 Å². The third-order valence-corrected chi connectivity index (χ3v) is 4.35. The summed E-state index contributed by atoms with van der Waals surface area (Å²) in [7, 11) is 0. The molecule has 2 aromatic rings. The largest absolute Gasteiger partial charge is 0.450 e. The van der Waals surface area contributed by atoms with Crippen LogP contribution in [-0.4, -0.2) is 31.1 Å². The van der Waals surface area contributed by atoms with Crippen LogP contribution in [0.3, 0.4) is 0 Å². The number of carbonyl (C=O) groups excluding carboxylic acids is 2. The molecule has 0 bridgehead atoms. The number of carbonyl (C=O) groups is 2. The van der Waals surface area contributed by atoms with Crippen molar-refractivity contribution in [3.8, 4) is 0 Å². The van der Waals surface area contributed by atoms with Crippen LogP contribution in [-0.2, 0) is 24.7 Å². The standard InChI is InChI=1S/C23H29NO4/c1-5-27-23(19-12-8-6-9-13-19,20-14-10-7-11-15-20)22(26)28-18(4)21(25)24-16-17(2)3/h6-15,17-18H,5,16H2,1-4H3,(H,24,25)/t18-/m0/s1. The Bertz CT molecular complexity index is 719. The summed E-state index contributed by atoms with van der Waals surface area (Å²) in [5.74, 6) is -0.629. The summed E-state index contributed by atoms with van der Waals surface area (Å²) >= 11 is 0. The molecule has 5 heteroatoms. The van der Waals surface area contributed by atoms with E-state index in [2.05, 4.69) is 5.32 Å². The summed E-state index contributed by atoms with van der Waals surface area (Å²) in [5.41, 5.74) is -0.130. The van der Waals surface area contributed by atoms with Crippen LogP contribution in [0.2, 0.25) is 0 Å². The van der Waals surface area contributed by atoms with Crippen LogP contribution in [0.5, 0.6) is 0 Å². The van der Waals surface area contributed by atoms with Gasteiger partial charge in [0, 0.05) is 13.2 Å². The van der Waals surface area contributed by atoms with Crippen molar-refractivity contribution in [2.45, 2.75) is 39.4 Å². The summed E-state index contributed by atoms with van der Waals surface area (Å²) in [6.45, 7) is 8.22. The molecule has 1 N–H and O–H groups in total. The van der Waals surface area contributed by atoms with E-state index in [0.29, 0.717) is 30.2 Å². The Hall–Kier alpha value is -2.66. The molecule has 0 fully saturated rings. The molecule has 0 heterocycles. The predicted molar refractivity (Wildman–Crippen MR) is 109 cm³/mol. The number of ether oxygens (including phenoxy) is 2. The monoisotopic (exact) mass is 383 g/mol. The summed E-state index contributed by atoms with van der Waals surface area (Å²) in [6.07, 6.45) is -0.932. The maximum absolute atomic E-state index is 13.4. The highest BCUT2D eigenvalue weighted by atomic mass is 16.6. The zero-order valence-corrected chi connectivity index (χ0v) is 17.0. The van der Waals surface area contributed by atoms with Gasteiger partial charge in [0.2, 0.25) is 5.60 Å². The van der Waals surface area contributed by atoms with Gasteiger partial charge >= 0.3 is 5.97 Å². The Morgan fingerprint density at radius 2 is 1.43 bits per heavy atom. The molecule has 2 aromatic carbocycles. The Labute approximate surface area is 167 Å². The van der Waals surface area contributed by atoms with E-state index in [1.54, 1.807) is 6.92 Å². The molecular formula is C23H29NO4. The van der Waals surface area contributed by atoms with E-state index < -0.39 is 17.7 Å². The summed E-state index contributed by atoms with van der Waals surface area (Å²) in [5, 5.41) is 2.79. The van der Waals surface area contributed by atoms with Crippen LogP contribution < -0.4 is 5.32 Å². The average Bonchev–Trinajstić information content (AvgIpc) is 2.71. The van der Waals surface area contributed by atoms with Gasteiger partial charge in [-0.25, -0.2) is 4.79 Å².